The molecule has 0 saturated heterocycles. The molecule has 0 aliphatic carbocycles. The van der Waals surface area contributed by atoms with Crippen molar-refractivity contribution in [1.29, 1.82) is 0 Å². The molecular weight excluding hydrogens is 309 g/mol. The number of pyridine rings is 1. The quantitative estimate of drug-likeness (QED) is 0.679. The van der Waals surface area contributed by atoms with Gasteiger partial charge in [0.15, 0.2) is 12.1 Å². The van der Waals surface area contributed by atoms with Crippen LogP contribution in [-0.2, 0) is 5.41 Å². The first-order valence-corrected chi connectivity index (χ1v) is 7.45. The minimum atomic E-state index is -0.646. The van der Waals surface area contributed by atoms with Gasteiger partial charge in [-0.1, -0.05) is 20.8 Å². The minimum absolute atomic E-state index is 0.0690. The van der Waals surface area contributed by atoms with Gasteiger partial charge in [-0.25, -0.2) is 9.37 Å². The molecule has 2 aromatic heterocycles. The highest BCUT2D eigenvalue weighted by atomic mass is 19.1. The number of nitrogens with zero attached hydrogens (tertiary/aromatic N) is 3. The normalized spacial score (nSPS) is 11.7. The highest BCUT2D eigenvalue weighted by molar-refractivity contribution is 5.83. The van der Waals surface area contributed by atoms with Crippen molar-refractivity contribution in [2.45, 2.75) is 26.2 Å². The molecule has 0 saturated carbocycles. The Labute approximate surface area is 137 Å². The molecule has 1 aromatic carbocycles. The van der Waals surface area contributed by atoms with E-state index < -0.39 is 11.4 Å². The molecule has 3 rings (SSSR count). The summed E-state index contributed by atoms with van der Waals surface area (Å²) in [7, 11) is 0. The molecule has 0 N–H and O–H groups in total. The summed E-state index contributed by atoms with van der Waals surface area (Å²) < 4.78 is 15.5. The lowest BCUT2D eigenvalue weighted by atomic mass is 9.86. The van der Waals surface area contributed by atoms with Gasteiger partial charge in [-0.05, 0) is 35.2 Å². The van der Waals surface area contributed by atoms with Crippen LogP contribution in [0.2, 0.25) is 0 Å². The molecule has 0 aliphatic rings. The molecule has 6 heteroatoms. The first-order chi connectivity index (χ1) is 11.3. The molecule has 0 spiro atoms. The van der Waals surface area contributed by atoms with Gasteiger partial charge in [0.05, 0.1) is 17.1 Å². The van der Waals surface area contributed by atoms with Gasteiger partial charge in [-0.3, -0.25) is 9.59 Å². The molecule has 3 aromatic rings. The molecule has 0 radical (unpaired) electrons. The topological polar surface area (TPSA) is 64.8 Å². The van der Waals surface area contributed by atoms with Crippen LogP contribution in [0.4, 0.5) is 4.39 Å². The van der Waals surface area contributed by atoms with Crippen LogP contribution in [0.15, 0.2) is 41.5 Å². The van der Waals surface area contributed by atoms with Gasteiger partial charge in [0.1, 0.15) is 5.82 Å². The number of aldehydes is 1. The van der Waals surface area contributed by atoms with Gasteiger partial charge < -0.3 is 0 Å². The Balaban J connectivity index is 2.32. The first kappa shape index (κ1) is 16.0. The summed E-state index contributed by atoms with van der Waals surface area (Å²) in [6.07, 6.45) is 3.44. The summed E-state index contributed by atoms with van der Waals surface area (Å²) >= 11 is 0. The number of benzene rings is 1. The third kappa shape index (κ3) is 2.60. The van der Waals surface area contributed by atoms with E-state index in [-0.39, 0.29) is 22.2 Å². The van der Waals surface area contributed by atoms with Crippen molar-refractivity contribution in [3.8, 4) is 5.82 Å². The molecule has 0 amide bonds. The number of hydrogen-bond acceptors (Lipinski definition) is 4. The molecule has 2 heterocycles. The van der Waals surface area contributed by atoms with Crippen LogP contribution in [0.3, 0.4) is 0 Å². The molecule has 122 valence electrons. The number of halogens is 1. The third-order valence-electron chi connectivity index (χ3n) is 3.85. The van der Waals surface area contributed by atoms with E-state index in [4.69, 9.17) is 0 Å². The van der Waals surface area contributed by atoms with Crippen LogP contribution >= 0.6 is 0 Å². The van der Waals surface area contributed by atoms with Crippen molar-refractivity contribution in [3.05, 3.63) is 64.0 Å². The summed E-state index contributed by atoms with van der Waals surface area (Å²) in [5.74, 6) is -0.527. The predicted octanol–water partition coefficient (Wildman–Crippen LogP) is 3.03. The van der Waals surface area contributed by atoms with Crippen molar-refractivity contribution in [1.82, 2.24) is 14.8 Å². The maximum Gasteiger partial charge on any atom is 0.283 e. The second-order valence-electron chi connectivity index (χ2n) is 6.57. The average molecular weight is 325 g/mol. The van der Waals surface area contributed by atoms with Gasteiger partial charge in [0.2, 0.25) is 0 Å². The maximum atomic E-state index is 14.6. The Morgan fingerprint density at radius 3 is 2.67 bits per heavy atom. The molecular formula is C18H16FN3O2. The number of hydrogen-bond donors (Lipinski definition) is 0. The lowest BCUT2D eigenvalue weighted by Gasteiger charge is -2.19. The second-order valence-corrected chi connectivity index (χ2v) is 6.57. The lowest BCUT2D eigenvalue weighted by Crippen LogP contribution is -2.24. The molecule has 5 nitrogen and oxygen atoms in total. The van der Waals surface area contributed by atoms with Crippen LogP contribution in [0, 0.1) is 5.82 Å². The van der Waals surface area contributed by atoms with Crippen molar-refractivity contribution in [2.24, 2.45) is 0 Å². The molecule has 0 atom stereocenters. The van der Waals surface area contributed by atoms with Crippen LogP contribution in [0.25, 0.3) is 16.6 Å². The lowest BCUT2D eigenvalue weighted by molar-refractivity contribution is 0.112. The van der Waals surface area contributed by atoms with Crippen LogP contribution < -0.4 is 5.56 Å². The van der Waals surface area contributed by atoms with E-state index in [0.717, 1.165) is 10.2 Å². The standard InChI is InChI=1S/C18H16FN3O2/c1-18(2,3)13-7-12-9-21-22(17(24)15(12)14(19)8-13)16-11(10-23)5-4-6-20-16/h4-10H,1-3H3. The third-order valence-corrected chi connectivity index (χ3v) is 3.85. The molecule has 0 fully saturated rings. The van der Waals surface area contributed by atoms with E-state index in [1.807, 2.05) is 20.8 Å². The van der Waals surface area contributed by atoms with Gasteiger partial charge in [0, 0.05) is 11.6 Å². The summed E-state index contributed by atoms with van der Waals surface area (Å²) in [4.78, 5) is 27.8. The fourth-order valence-corrected chi connectivity index (χ4v) is 2.50. The van der Waals surface area contributed by atoms with Crippen LogP contribution in [0.5, 0.6) is 0 Å². The molecule has 24 heavy (non-hydrogen) atoms. The van der Waals surface area contributed by atoms with Crippen molar-refractivity contribution in [3.63, 3.8) is 0 Å². The van der Waals surface area contributed by atoms with Crippen molar-refractivity contribution in [2.75, 3.05) is 0 Å². The molecule has 0 bridgehead atoms. The van der Waals surface area contributed by atoms with Gasteiger partial charge in [-0.2, -0.15) is 9.78 Å². The number of carbonyl (C=O) groups excluding carboxylic acids is 1. The first-order valence-electron chi connectivity index (χ1n) is 7.45. The van der Waals surface area contributed by atoms with Crippen molar-refractivity contribution >= 4 is 17.1 Å². The summed E-state index contributed by atoms with van der Waals surface area (Å²) in [5.41, 5.74) is 0.0820. The second kappa shape index (κ2) is 5.63. The van der Waals surface area contributed by atoms with Crippen LogP contribution in [-0.4, -0.2) is 21.1 Å². The number of fused-ring (bicyclic) bond motifs is 1. The van der Waals surface area contributed by atoms with Gasteiger partial charge >= 0.3 is 0 Å². The van der Waals surface area contributed by atoms with E-state index in [0.29, 0.717) is 11.7 Å². The van der Waals surface area contributed by atoms with Gasteiger partial charge in [0.25, 0.3) is 5.56 Å². The van der Waals surface area contributed by atoms with E-state index >= 15 is 0 Å². The minimum Gasteiger partial charge on any atom is -0.298 e. The highest BCUT2D eigenvalue weighted by Crippen LogP contribution is 2.26. The number of rotatable bonds is 2. The molecule has 0 unspecified atom stereocenters. The number of carbonyl (C=O) groups is 1. The Morgan fingerprint density at radius 1 is 1.25 bits per heavy atom. The summed E-state index contributed by atoms with van der Waals surface area (Å²) in [6, 6.07) is 6.23. The Bertz CT molecular complexity index is 1000. The van der Waals surface area contributed by atoms with Gasteiger partial charge in [-0.15, -0.1) is 0 Å². The van der Waals surface area contributed by atoms with E-state index in [1.165, 1.54) is 24.5 Å². The largest absolute Gasteiger partial charge is 0.298 e. The smallest absolute Gasteiger partial charge is 0.283 e. The van der Waals surface area contributed by atoms with E-state index in [2.05, 4.69) is 10.1 Å². The SMILES string of the molecule is CC(C)(C)c1cc(F)c2c(=O)n(-c3ncccc3C=O)ncc2c1. The average Bonchev–Trinajstić information content (AvgIpc) is 2.54. The predicted molar refractivity (Wildman–Crippen MR) is 89.2 cm³/mol. The summed E-state index contributed by atoms with van der Waals surface area (Å²) in [5, 5.41) is 4.42. The van der Waals surface area contributed by atoms with Crippen LogP contribution in [0.1, 0.15) is 36.7 Å². The zero-order valence-electron chi connectivity index (χ0n) is 13.6. The van der Waals surface area contributed by atoms with E-state index in [9.17, 15) is 14.0 Å². The zero-order valence-corrected chi connectivity index (χ0v) is 13.6. The van der Waals surface area contributed by atoms with E-state index in [1.54, 1.807) is 12.1 Å². The Hall–Kier alpha value is -2.89. The maximum absolute atomic E-state index is 14.6. The monoisotopic (exact) mass is 325 g/mol. The Morgan fingerprint density at radius 2 is 2.00 bits per heavy atom. The number of aromatic nitrogens is 3. The fraction of sp³-hybridized carbons (Fsp3) is 0.222. The Kier molecular flexibility index (Phi) is 3.75. The van der Waals surface area contributed by atoms with Crippen molar-refractivity contribution < 1.29 is 9.18 Å². The fourth-order valence-electron chi connectivity index (χ4n) is 2.50. The zero-order chi connectivity index (χ0) is 17.5. The highest BCUT2D eigenvalue weighted by Gasteiger charge is 2.19. The summed E-state index contributed by atoms with van der Waals surface area (Å²) in [6.45, 7) is 5.89. The molecule has 0 aliphatic heterocycles.